The number of esters is 1. The first kappa shape index (κ1) is 57.9. The fraction of sp³-hybridized carbons (Fsp3) is 0.780. The Balaban J connectivity index is 1.27. The number of aliphatic hydroxyl groups excluding tert-OH is 1. The molecule has 0 bridgehead atoms. The molecule has 0 spiro atoms. The molecule has 4 aliphatic rings. The number of halogens is 2. The minimum atomic E-state index is -1.62. The summed E-state index contributed by atoms with van der Waals surface area (Å²) in [5, 5.41) is 36.7. The van der Waals surface area contributed by atoms with Gasteiger partial charge in [0.1, 0.15) is 23.5 Å². The van der Waals surface area contributed by atoms with Crippen LogP contribution in [0.25, 0.3) is 0 Å². The number of carbonyl (C=O) groups is 3. The molecule has 0 radical (unpaired) electrons. The number of methoxy groups -OCH3 is 1. The fourth-order valence-corrected chi connectivity index (χ4v) is 11.7. The van der Waals surface area contributed by atoms with Gasteiger partial charge in [0.2, 0.25) is 0 Å². The summed E-state index contributed by atoms with van der Waals surface area (Å²) in [5.41, 5.74) is -2.91. The molecule has 18 atom stereocenters. The molecule has 3 N–H and O–H groups in total. The number of alkyl carbamates (subject to hydrolysis) is 1. The van der Waals surface area contributed by atoms with Crippen LogP contribution < -0.4 is 5.32 Å². The van der Waals surface area contributed by atoms with Crippen LogP contribution in [0.3, 0.4) is 0 Å². The summed E-state index contributed by atoms with van der Waals surface area (Å²) in [5.74, 6) is -2.75. The highest BCUT2D eigenvalue weighted by Gasteiger charge is 2.58. The van der Waals surface area contributed by atoms with E-state index in [2.05, 4.69) is 15.6 Å². The highest BCUT2D eigenvalue weighted by molar-refractivity contribution is 6.35. The minimum absolute atomic E-state index is 0.00540. The molecular formula is C50H78Cl2N6O14. The highest BCUT2D eigenvalue weighted by atomic mass is 35.5. The third-order valence-corrected chi connectivity index (χ3v) is 15.8. The molecule has 4 fully saturated rings. The van der Waals surface area contributed by atoms with Crippen molar-refractivity contribution in [3.05, 3.63) is 45.7 Å². The van der Waals surface area contributed by atoms with Crippen LogP contribution in [0.4, 0.5) is 9.59 Å². The maximum absolute atomic E-state index is 14.8. The smallest absolute Gasteiger partial charge is 0.458 e. The Morgan fingerprint density at radius 1 is 1.01 bits per heavy atom. The number of nitrogens with zero attached hydrogens (tertiary/aromatic N) is 5. The first-order valence-corrected chi connectivity index (χ1v) is 25.8. The molecule has 406 valence electrons. The summed E-state index contributed by atoms with van der Waals surface area (Å²) >= 11 is 12.4. The maximum Gasteiger partial charge on any atom is 0.509 e. The summed E-state index contributed by atoms with van der Waals surface area (Å²) in [7, 11) is 7.16. The first-order valence-electron chi connectivity index (χ1n) is 25.0. The van der Waals surface area contributed by atoms with E-state index in [1.807, 2.05) is 65.6 Å². The quantitative estimate of drug-likeness (QED) is 0.165. The number of aromatic nitrogens is 3. The zero-order chi connectivity index (χ0) is 53.2. The van der Waals surface area contributed by atoms with E-state index in [0.717, 1.165) is 5.56 Å². The summed E-state index contributed by atoms with van der Waals surface area (Å²) < 4.78 is 58.4. The van der Waals surface area contributed by atoms with E-state index in [1.165, 1.54) is 7.11 Å². The van der Waals surface area contributed by atoms with Crippen molar-refractivity contribution >= 4 is 41.4 Å². The normalized spacial score (nSPS) is 39.5. The third kappa shape index (κ3) is 13.2. The van der Waals surface area contributed by atoms with Gasteiger partial charge in [-0.05, 0) is 112 Å². The van der Waals surface area contributed by atoms with E-state index in [9.17, 15) is 24.6 Å². The Morgan fingerprint density at radius 2 is 1.72 bits per heavy atom. The van der Waals surface area contributed by atoms with E-state index >= 15 is 0 Å². The van der Waals surface area contributed by atoms with Gasteiger partial charge in [0.15, 0.2) is 30.4 Å². The monoisotopic (exact) mass is 1060 g/mol. The predicted molar refractivity (Wildman–Crippen MR) is 264 cm³/mol. The number of likely N-dealkylation sites (N-methyl/N-ethyl adjacent to an activating group) is 2. The number of hydrogen-bond acceptors (Lipinski definition) is 18. The second-order valence-electron chi connectivity index (χ2n) is 21.4. The van der Waals surface area contributed by atoms with Crippen molar-refractivity contribution in [1.82, 2.24) is 30.1 Å². The lowest BCUT2D eigenvalue weighted by molar-refractivity contribution is -0.317. The topological polar surface area (TPSA) is 224 Å². The summed E-state index contributed by atoms with van der Waals surface area (Å²) in [6.07, 6.45) is -8.22. The van der Waals surface area contributed by atoms with Crippen molar-refractivity contribution in [3.63, 3.8) is 0 Å². The number of benzene rings is 1. The first-order chi connectivity index (χ1) is 33.7. The SMILES string of the molecule is CC[C@@H]1OC(=O)[C@H](C)[C@H](O[C@H]2C[C@@](C)(OC)[C@@H](OC(=O)NCc3cn(Cc4ccc(Cl)cc4Cl)nn3)[C@H](C)O2)[C@H](C)[C@@H](O[C@@H]2O[C@H](C)C[C@H](N(C)C)[C@H]2O)[C@](C)(O)C[C@@H](C)CN(C)[C@H](C)[C@@H]2OC(=O)O[C@]12C. The van der Waals surface area contributed by atoms with Gasteiger partial charge in [0, 0.05) is 48.1 Å². The Labute approximate surface area is 433 Å². The van der Waals surface area contributed by atoms with Crippen LogP contribution in [-0.2, 0) is 60.5 Å². The lowest BCUT2D eigenvalue weighted by Crippen LogP contribution is -2.61. The molecule has 1 aromatic carbocycles. The van der Waals surface area contributed by atoms with Crippen LogP contribution in [-0.4, -0.2) is 178 Å². The van der Waals surface area contributed by atoms with Crippen molar-refractivity contribution in [3.8, 4) is 0 Å². The number of amides is 1. The Hall–Kier alpha value is -3.41. The van der Waals surface area contributed by atoms with Crippen molar-refractivity contribution < 1.29 is 67.2 Å². The van der Waals surface area contributed by atoms with E-state index in [-0.39, 0.29) is 43.9 Å². The summed E-state index contributed by atoms with van der Waals surface area (Å²) in [4.78, 5) is 45.1. The van der Waals surface area contributed by atoms with Crippen molar-refractivity contribution in [2.75, 3.05) is 34.8 Å². The largest absolute Gasteiger partial charge is 0.509 e. The Kier molecular flexibility index (Phi) is 19.0. The van der Waals surface area contributed by atoms with E-state index in [1.54, 1.807) is 63.7 Å². The lowest BCUT2D eigenvalue weighted by Gasteiger charge is -2.49. The van der Waals surface area contributed by atoms with Gasteiger partial charge in [-0.15, -0.1) is 5.10 Å². The van der Waals surface area contributed by atoms with Gasteiger partial charge >= 0.3 is 18.2 Å². The van der Waals surface area contributed by atoms with Crippen LogP contribution in [0.15, 0.2) is 24.4 Å². The molecule has 72 heavy (non-hydrogen) atoms. The van der Waals surface area contributed by atoms with Gasteiger partial charge in [0.25, 0.3) is 0 Å². The van der Waals surface area contributed by atoms with Gasteiger partial charge in [0.05, 0.1) is 55.2 Å². The molecule has 4 aliphatic heterocycles. The van der Waals surface area contributed by atoms with Gasteiger partial charge in [-0.25, -0.2) is 14.3 Å². The molecule has 22 heteroatoms. The number of rotatable bonds is 12. The fourth-order valence-electron chi connectivity index (χ4n) is 11.2. The van der Waals surface area contributed by atoms with Crippen molar-refractivity contribution in [1.29, 1.82) is 0 Å². The summed E-state index contributed by atoms with van der Waals surface area (Å²) in [6, 6.07) is 4.47. The number of carbonyl (C=O) groups excluding carboxylic acids is 3. The number of fused-ring (bicyclic) bond motifs is 1. The highest BCUT2D eigenvalue weighted by Crippen LogP contribution is 2.42. The van der Waals surface area contributed by atoms with Gasteiger partial charge in [-0.3, -0.25) is 9.69 Å². The predicted octanol–water partition coefficient (Wildman–Crippen LogP) is 5.96. The molecule has 0 aliphatic carbocycles. The number of cyclic esters (lactones) is 1. The number of ether oxygens (including phenoxy) is 9. The van der Waals surface area contributed by atoms with Gasteiger partial charge in [-0.2, -0.15) is 0 Å². The molecule has 6 rings (SSSR count). The number of aliphatic hydroxyl groups is 2. The Bertz CT molecular complexity index is 2170. The van der Waals surface area contributed by atoms with Crippen molar-refractivity contribution in [2.24, 2.45) is 17.8 Å². The van der Waals surface area contributed by atoms with Crippen LogP contribution in [0, 0.1) is 17.8 Å². The average Bonchev–Trinajstić information content (AvgIpc) is 3.89. The third-order valence-electron chi connectivity index (χ3n) is 15.2. The minimum Gasteiger partial charge on any atom is -0.458 e. The average molecular weight is 1060 g/mol. The maximum atomic E-state index is 14.8. The standard InChI is InChI=1S/C50H78Cl2N6O14/c1-15-37-50(10)42(71-47(62)72-50)30(6)57(13)23-26(2)20-48(8,63)41(69-45-39(59)36(56(11)12)18-27(3)65-45)28(4)40(29(5)44(60)67-37)68-38-21-49(9,64-14)43(31(7)66-38)70-46(61)53-22-34-25-58(55-54-34)24-32-16-17-33(51)19-35(32)52/h16-17,19,25-31,36-43,45,59,63H,15,18,20-24H2,1-14H3,(H,53,61)/t26-,27-,28+,29-,30-,31+,36+,37+,38+,39-,40-,41-,42+,43+,45+,48-,49-,50-/m1/s1. The van der Waals surface area contributed by atoms with Crippen LogP contribution >= 0.6 is 23.2 Å². The zero-order valence-corrected chi connectivity index (χ0v) is 45.7. The van der Waals surface area contributed by atoms with Crippen LogP contribution in [0.2, 0.25) is 10.0 Å². The zero-order valence-electron chi connectivity index (χ0n) is 44.2. The molecule has 0 unspecified atom stereocenters. The molecule has 1 aromatic heterocycles. The molecule has 1 amide bonds. The lowest BCUT2D eigenvalue weighted by atomic mass is 9.77. The van der Waals surface area contributed by atoms with Gasteiger partial charge in [-0.1, -0.05) is 55.3 Å². The number of nitrogens with one attached hydrogen (secondary N) is 1. The second-order valence-corrected chi connectivity index (χ2v) is 22.3. The van der Waals surface area contributed by atoms with Gasteiger partial charge < -0.3 is 63.1 Å². The molecule has 5 heterocycles. The Morgan fingerprint density at radius 3 is 2.38 bits per heavy atom. The van der Waals surface area contributed by atoms with E-state index < -0.39 is 108 Å². The molecule has 0 saturated carbocycles. The molecule has 4 saturated heterocycles. The second kappa shape index (κ2) is 23.6. The van der Waals surface area contributed by atoms with Crippen LogP contribution in [0.1, 0.15) is 106 Å². The van der Waals surface area contributed by atoms with Crippen molar-refractivity contribution in [2.45, 2.75) is 198 Å². The number of hydrogen-bond donors (Lipinski definition) is 3. The molecule has 20 nitrogen and oxygen atoms in total. The van der Waals surface area contributed by atoms with Crippen LogP contribution in [0.5, 0.6) is 0 Å². The summed E-state index contributed by atoms with van der Waals surface area (Å²) in [6.45, 7) is 18.9. The van der Waals surface area contributed by atoms with E-state index in [4.69, 9.17) is 65.8 Å². The molecule has 2 aromatic rings. The van der Waals surface area contributed by atoms with E-state index in [0.29, 0.717) is 35.2 Å². The molecular weight excluding hydrogens is 979 g/mol.